The van der Waals surface area contributed by atoms with Gasteiger partial charge in [0.1, 0.15) is 15.9 Å². The van der Waals surface area contributed by atoms with Gasteiger partial charge in [0.05, 0.1) is 5.02 Å². The quantitative estimate of drug-likeness (QED) is 0.839. The molecule has 0 aromatic carbocycles. The van der Waals surface area contributed by atoms with Gasteiger partial charge in [-0.2, -0.15) is 4.98 Å². The summed E-state index contributed by atoms with van der Waals surface area (Å²) in [6.07, 6.45) is 1.60. The Balaban J connectivity index is 2.20. The summed E-state index contributed by atoms with van der Waals surface area (Å²) in [6, 6.07) is 5.45. The Bertz CT molecular complexity index is 531. The molecule has 18 heavy (non-hydrogen) atoms. The zero-order valence-corrected chi connectivity index (χ0v) is 11.3. The Morgan fingerprint density at radius 3 is 2.83 bits per heavy atom. The lowest BCUT2D eigenvalue weighted by Crippen LogP contribution is -2.03. The van der Waals surface area contributed by atoms with Crippen molar-refractivity contribution in [2.24, 2.45) is 0 Å². The smallest absolute Gasteiger partial charge is 0.223 e. The molecule has 0 aliphatic rings. The molecule has 0 fully saturated rings. The zero-order chi connectivity index (χ0) is 13.0. The number of aromatic nitrogens is 3. The standard InChI is InChI=1S/C11H12ClN5S/c1-2-14-8-5-10(17-11(13)16-8)18-9-4-3-7(12)6-15-9/h3-6H,2H2,1H3,(H3,13,14,16,17). The molecule has 2 heterocycles. The average molecular weight is 282 g/mol. The Labute approximate surface area is 114 Å². The number of rotatable bonds is 4. The Morgan fingerprint density at radius 2 is 2.17 bits per heavy atom. The summed E-state index contributed by atoms with van der Waals surface area (Å²) < 4.78 is 0. The Kier molecular flexibility index (Phi) is 4.22. The molecular formula is C11H12ClN5S. The number of hydrogen-bond acceptors (Lipinski definition) is 6. The lowest BCUT2D eigenvalue weighted by atomic mass is 10.5. The average Bonchev–Trinajstić information content (AvgIpc) is 2.32. The van der Waals surface area contributed by atoms with E-state index in [4.69, 9.17) is 17.3 Å². The third-order valence-electron chi connectivity index (χ3n) is 1.99. The van der Waals surface area contributed by atoms with Crippen LogP contribution < -0.4 is 11.1 Å². The van der Waals surface area contributed by atoms with Crippen molar-refractivity contribution in [3.63, 3.8) is 0 Å². The predicted octanol–water partition coefficient (Wildman–Crippen LogP) is 2.69. The van der Waals surface area contributed by atoms with E-state index in [9.17, 15) is 0 Å². The van der Waals surface area contributed by atoms with Crippen molar-refractivity contribution >= 4 is 35.1 Å². The number of pyridine rings is 1. The number of nitrogen functional groups attached to an aromatic ring is 1. The molecule has 94 valence electrons. The number of anilines is 2. The molecule has 3 N–H and O–H groups in total. The highest BCUT2D eigenvalue weighted by molar-refractivity contribution is 7.99. The van der Waals surface area contributed by atoms with Crippen LogP contribution in [0, 0.1) is 0 Å². The predicted molar refractivity (Wildman–Crippen MR) is 74.0 cm³/mol. The van der Waals surface area contributed by atoms with E-state index in [1.54, 1.807) is 12.3 Å². The minimum Gasteiger partial charge on any atom is -0.370 e. The minimum atomic E-state index is 0.241. The van der Waals surface area contributed by atoms with Crippen molar-refractivity contribution in [3.8, 4) is 0 Å². The topological polar surface area (TPSA) is 76.7 Å². The maximum atomic E-state index is 5.78. The first-order valence-electron chi connectivity index (χ1n) is 5.35. The van der Waals surface area contributed by atoms with Crippen LogP contribution in [-0.2, 0) is 0 Å². The van der Waals surface area contributed by atoms with Gasteiger partial charge >= 0.3 is 0 Å². The van der Waals surface area contributed by atoms with Gasteiger partial charge in [-0.05, 0) is 30.8 Å². The fourth-order valence-corrected chi connectivity index (χ4v) is 2.17. The molecule has 2 rings (SSSR count). The molecule has 2 aromatic heterocycles. The first-order valence-corrected chi connectivity index (χ1v) is 6.54. The lowest BCUT2D eigenvalue weighted by molar-refractivity contribution is 1.04. The van der Waals surface area contributed by atoms with E-state index >= 15 is 0 Å². The molecule has 0 saturated carbocycles. The molecule has 0 bridgehead atoms. The summed E-state index contributed by atoms with van der Waals surface area (Å²) in [5.74, 6) is 0.950. The van der Waals surface area contributed by atoms with Gasteiger partial charge < -0.3 is 11.1 Å². The Hall–Kier alpha value is -1.53. The second-order valence-corrected chi connectivity index (χ2v) is 4.87. The molecular weight excluding hydrogens is 270 g/mol. The van der Waals surface area contributed by atoms with Crippen LogP contribution in [0.25, 0.3) is 0 Å². The van der Waals surface area contributed by atoms with Crippen LogP contribution in [0.3, 0.4) is 0 Å². The lowest BCUT2D eigenvalue weighted by Gasteiger charge is -2.05. The molecule has 0 unspecified atom stereocenters. The van der Waals surface area contributed by atoms with Gasteiger partial charge in [0.15, 0.2) is 0 Å². The number of nitrogens with two attached hydrogens (primary N) is 1. The molecule has 0 saturated heterocycles. The van der Waals surface area contributed by atoms with E-state index in [1.165, 1.54) is 11.8 Å². The molecule has 0 aliphatic heterocycles. The number of nitrogens with zero attached hydrogens (tertiary/aromatic N) is 3. The van der Waals surface area contributed by atoms with Gasteiger partial charge in [-0.3, -0.25) is 0 Å². The third kappa shape index (κ3) is 3.48. The van der Waals surface area contributed by atoms with E-state index in [1.807, 2.05) is 19.1 Å². The SMILES string of the molecule is CCNc1cc(Sc2ccc(Cl)cn2)nc(N)n1. The van der Waals surface area contributed by atoms with E-state index in [0.29, 0.717) is 10.8 Å². The second-order valence-electron chi connectivity index (χ2n) is 3.40. The molecule has 0 amide bonds. The van der Waals surface area contributed by atoms with Crippen molar-refractivity contribution in [2.75, 3.05) is 17.6 Å². The van der Waals surface area contributed by atoms with Gasteiger partial charge in [-0.1, -0.05) is 11.6 Å². The van der Waals surface area contributed by atoms with Crippen LogP contribution in [0.1, 0.15) is 6.92 Å². The maximum Gasteiger partial charge on any atom is 0.223 e. The van der Waals surface area contributed by atoms with Gasteiger partial charge in [-0.15, -0.1) is 0 Å². The van der Waals surface area contributed by atoms with E-state index in [-0.39, 0.29) is 5.95 Å². The molecule has 7 heteroatoms. The fourth-order valence-electron chi connectivity index (χ4n) is 1.30. The first-order chi connectivity index (χ1) is 8.67. The number of hydrogen-bond donors (Lipinski definition) is 2. The molecule has 0 spiro atoms. The van der Waals surface area contributed by atoms with Gasteiger partial charge in [-0.25, -0.2) is 9.97 Å². The largest absolute Gasteiger partial charge is 0.370 e. The summed E-state index contributed by atoms with van der Waals surface area (Å²) in [5, 5.41) is 5.25. The van der Waals surface area contributed by atoms with E-state index < -0.39 is 0 Å². The molecule has 0 radical (unpaired) electrons. The van der Waals surface area contributed by atoms with Crippen LogP contribution in [-0.4, -0.2) is 21.5 Å². The Morgan fingerprint density at radius 1 is 1.33 bits per heavy atom. The highest BCUT2D eigenvalue weighted by Gasteiger charge is 2.05. The van der Waals surface area contributed by atoms with Gasteiger partial charge in [0.25, 0.3) is 0 Å². The highest BCUT2D eigenvalue weighted by Crippen LogP contribution is 2.26. The van der Waals surface area contributed by atoms with E-state index in [2.05, 4.69) is 20.3 Å². The summed E-state index contributed by atoms with van der Waals surface area (Å²) in [7, 11) is 0. The summed E-state index contributed by atoms with van der Waals surface area (Å²) in [5.41, 5.74) is 5.65. The van der Waals surface area contributed by atoms with Crippen molar-refractivity contribution < 1.29 is 0 Å². The molecule has 0 atom stereocenters. The fraction of sp³-hybridized carbons (Fsp3) is 0.182. The van der Waals surface area contributed by atoms with Crippen molar-refractivity contribution in [1.82, 2.24) is 15.0 Å². The maximum absolute atomic E-state index is 5.78. The minimum absolute atomic E-state index is 0.241. The summed E-state index contributed by atoms with van der Waals surface area (Å²) in [6.45, 7) is 2.77. The number of halogens is 1. The van der Waals surface area contributed by atoms with Gasteiger partial charge in [0.2, 0.25) is 5.95 Å². The van der Waals surface area contributed by atoms with Crippen molar-refractivity contribution in [3.05, 3.63) is 29.4 Å². The molecule has 2 aromatic rings. The first kappa shape index (κ1) is 12.9. The van der Waals surface area contributed by atoms with Crippen LogP contribution in [0.2, 0.25) is 5.02 Å². The van der Waals surface area contributed by atoms with Crippen molar-refractivity contribution in [2.45, 2.75) is 17.0 Å². The van der Waals surface area contributed by atoms with Gasteiger partial charge in [0, 0.05) is 18.8 Å². The van der Waals surface area contributed by atoms with Crippen LogP contribution in [0.15, 0.2) is 34.4 Å². The summed E-state index contributed by atoms with van der Waals surface area (Å²) in [4.78, 5) is 12.4. The number of nitrogens with one attached hydrogen (secondary N) is 1. The highest BCUT2D eigenvalue weighted by atomic mass is 35.5. The van der Waals surface area contributed by atoms with Crippen LogP contribution in [0.5, 0.6) is 0 Å². The van der Waals surface area contributed by atoms with Crippen molar-refractivity contribution in [1.29, 1.82) is 0 Å². The third-order valence-corrected chi connectivity index (χ3v) is 3.08. The molecule has 0 aliphatic carbocycles. The van der Waals surface area contributed by atoms with Crippen LogP contribution >= 0.6 is 23.4 Å². The molecule has 5 nitrogen and oxygen atoms in total. The zero-order valence-electron chi connectivity index (χ0n) is 9.72. The normalized spacial score (nSPS) is 10.3. The van der Waals surface area contributed by atoms with E-state index in [0.717, 1.165) is 16.6 Å². The monoisotopic (exact) mass is 281 g/mol. The summed E-state index contributed by atoms with van der Waals surface area (Å²) >= 11 is 7.19. The van der Waals surface area contributed by atoms with Crippen LogP contribution in [0.4, 0.5) is 11.8 Å². The second kappa shape index (κ2) is 5.88.